The highest BCUT2D eigenvalue weighted by Gasteiger charge is 2.33. The fraction of sp³-hybridized carbons (Fsp3) is 0.409. The van der Waals surface area contributed by atoms with E-state index < -0.39 is 6.10 Å². The van der Waals surface area contributed by atoms with Gasteiger partial charge >= 0.3 is 0 Å². The number of aliphatic hydroxyl groups excluding tert-OH is 1. The van der Waals surface area contributed by atoms with E-state index in [-0.39, 0.29) is 17.7 Å². The van der Waals surface area contributed by atoms with E-state index in [1.54, 1.807) is 0 Å². The molecule has 4 nitrogen and oxygen atoms in total. The molecule has 2 aliphatic heterocycles. The van der Waals surface area contributed by atoms with Crippen LogP contribution in [0.15, 0.2) is 48.5 Å². The molecule has 0 radical (unpaired) electrons. The summed E-state index contributed by atoms with van der Waals surface area (Å²) in [5.74, 6) is 1.01. The maximum absolute atomic E-state index is 12.9. The number of rotatable bonds is 3. The summed E-state index contributed by atoms with van der Waals surface area (Å²) < 4.78 is 5.77. The van der Waals surface area contributed by atoms with Crippen molar-refractivity contribution in [2.24, 2.45) is 11.8 Å². The van der Waals surface area contributed by atoms with Crippen molar-refractivity contribution in [2.45, 2.75) is 25.4 Å². The number of halogens is 1. The zero-order valence-electron chi connectivity index (χ0n) is 15.2. The summed E-state index contributed by atoms with van der Waals surface area (Å²) in [7, 11) is 0. The number of piperidine rings is 1. The Kier molecular flexibility index (Phi) is 5.37. The maximum atomic E-state index is 12.9. The maximum Gasteiger partial charge on any atom is 0.229 e. The number of nitrogens with zero attached hydrogens (tertiary/aromatic N) is 1. The molecule has 0 aromatic heterocycles. The topological polar surface area (TPSA) is 49.8 Å². The van der Waals surface area contributed by atoms with Crippen molar-refractivity contribution < 1.29 is 14.6 Å². The molecule has 0 spiro atoms. The Hall–Kier alpha value is -2.04. The zero-order valence-corrected chi connectivity index (χ0v) is 15.9. The standard InChI is InChI=1S/C22H24ClNO3/c23-19-6-7-20-17(13-19)12-18(14-27-20)22(26)24-10-8-16(9-11-24)21(25)15-4-2-1-3-5-15/h1-7,13,16,18,21,25H,8-12,14H2. The number of fused-ring (bicyclic) bond motifs is 1. The van der Waals surface area contributed by atoms with Gasteiger partial charge in [0, 0.05) is 18.1 Å². The number of hydrogen-bond donors (Lipinski definition) is 1. The van der Waals surface area contributed by atoms with Gasteiger partial charge in [0.1, 0.15) is 12.4 Å². The molecule has 0 saturated carbocycles. The predicted octanol–water partition coefficient (Wildman–Crippen LogP) is 3.86. The van der Waals surface area contributed by atoms with Gasteiger partial charge in [0.25, 0.3) is 0 Å². The molecule has 0 aliphatic carbocycles. The smallest absolute Gasteiger partial charge is 0.229 e. The highest BCUT2D eigenvalue weighted by molar-refractivity contribution is 6.30. The molecule has 4 rings (SSSR count). The van der Waals surface area contributed by atoms with E-state index in [4.69, 9.17) is 16.3 Å². The van der Waals surface area contributed by atoms with Crippen LogP contribution in [0, 0.1) is 11.8 Å². The Bertz CT molecular complexity index is 802. The van der Waals surface area contributed by atoms with Gasteiger partial charge < -0.3 is 14.7 Å². The summed E-state index contributed by atoms with van der Waals surface area (Å²) in [6.45, 7) is 1.79. The van der Waals surface area contributed by atoms with Gasteiger partial charge in [-0.3, -0.25) is 4.79 Å². The number of amides is 1. The summed E-state index contributed by atoms with van der Waals surface area (Å²) in [6, 6.07) is 15.3. The molecular formula is C22H24ClNO3. The first kappa shape index (κ1) is 18.3. The average Bonchev–Trinajstić information content (AvgIpc) is 2.73. The van der Waals surface area contributed by atoms with Crippen molar-refractivity contribution in [1.29, 1.82) is 0 Å². The summed E-state index contributed by atoms with van der Waals surface area (Å²) in [4.78, 5) is 14.9. The molecule has 2 heterocycles. The predicted molar refractivity (Wildman–Crippen MR) is 105 cm³/mol. The van der Waals surface area contributed by atoms with Crippen LogP contribution < -0.4 is 4.74 Å². The molecule has 1 saturated heterocycles. The molecule has 2 aromatic rings. The Morgan fingerprint density at radius 3 is 2.63 bits per heavy atom. The van der Waals surface area contributed by atoms with E-state index in [1.165, 1.54) is 0 Å². The first-order valence-electron chi connectivity index (χ1n) is 9.55. The van der Waals surface area contributed by atoms with Gasteiger partial charge in [0.05, 0.1) is 12.0 Å². The van der Waals surface area contributed by atoms with Crippen molar-refractivity contribution in [2.75, 3.05) is 19.7 Å². The van der Waals surface area contributed by atoms with Crippen LogP contribution in [0.3, 0.4) is 0 Å². The first-order chi connectivity index (χ1) is 13.1. The highest BCUT2D eigenvalue weighted by Crippen LogP contribution is 2.33. The molecule has 142 valence electrons. The van der Waals surface area contributed by atoms with Crippen molar-refractivity contribution in [3.05, 3.63) is 64.7 Å². The minimum Gasteiger partial charge on any atom is -0.492 e. The lowest BCUT2D eigenvalue weighted by atomic mass is 9.86. The lowest BCUT2D eigenvalue weighted by Gasteiger charge is -2.37. The van der Waals surface area contributed by atoms with Gasteiger partial charge in [-0.1, -0.05) is 41.9 Å². The Labute approximate surface area is 164 Å². The van der Waals surface area contributed by atoms with E-state index in [0.717, 1.165) is 29.7 Å². The molecule has 2 unspecified atom stereocenters. The van der Waals surface area contributed by atoms with Crippen LogP contribution in [0.1, 0.15) is 30.1 Å². The van der Waals surface area contributed by atoms with Gasteiger partial charge in [0.2, 0.25) is 5.91 Å². The third-order valence-corrected chi connectivity index (χ3v) is 5.95. The summed E-state index contributed by atoms with van der Waals surface area (Å²) in [6.07, 6.45) is 1.84. The van der Waals surface area contributed by atoms with Gasteiger partial charge in [-0.05, 0) is 54.5 Å². The summed E-state index contributed by atoms with van der Waals surface area (Å²) in [5, 5.41) is 11.3. The van der Waals surface area contributed by atoms with Crippen LogP contribution in [0.5, 0.6) is 5.75 Å². The van der Waals surface area contributed by atoms with Gasteiger partial charge in [-0.15, -0.1) is 0 Å². The molecule has 2 aliphatic rings. The molecular weight excluding hydrogens is 362 g/mol. The Balaban J connectivity index is 1.35. The average molecular weight is 386 g/mol. The van der Waals surface area contributed by atoms with Crippen molar-refractivity contribution in [1.82, 2.24) is 4.90 Å². The van der Waals surface area contributed by atoms with E-state index in [1.807, 2.05) is 53.4 Å². The molecule has 2 aromatic carbocycles. The molecule has 2 atom stereocenters. The molecule has 0 bridgehead atoms. The summed E-state index contributed by atoms with van der Waals surface area (Å²) >= 11 is 6.07. The molecule has 5 heteroatoms. The largest absolute Gasteiger partial charge is 0.492 e. The second kappa shape index (κ2) is 7.91. The molecule has 1 amide bonds. The number of hydrogen-bond acceptors (Lipinski definition) is 3. The number of ether oxygens (including phenoxy) is 1. The van der Waals surface area contributed by atoms with Crippen molar-refractivity contribution in [3.63, 3.8) is 0 Å². The van der Waals surface area contributed by atoms with Crippen molar-refractivity contribution >= 4 is 17.5 Å². The zero-order chi connectivity index (χ0) is 18.8. The van der Waals surface area contributed by atoms with Crippen LogP contribution in [0.4, 0.5) is 0 Å². The van der Waals surface area contributed by atoms with E-state index in [9.17, 15) is 9.90 Å². The second-order valence-corrected chi connectivity index (χ2v) is 7.92. The quantitative estimate of drug-likeness (QED) is 0.872. The van der Waals surface area contributed by atoms with Crippen LogP contribution in [0.25, 0.3) is 0 Å². The summed E-state index contributed by atoms with van der Waals surface area (Å²) in [5.41, 5.74) is 1.96. The molecule has 1 N–H and O–H groups in total. The van der Waals surface area contributed by atoms with E-state index >= 15 is 0 Å². The minimum absolute atomic E-state index is 0.147. The van der Waals surface area contributed by atoms with Crippen molar-refractivity contribution in [3.8, 4) is 5.75 Å². The first-order valence-corrected chi connectivity index (χ1v) is 9.92. The number of benzene rings is 2. The number of likely N-dealkylation sites (tertiary alicyclic amines) is 1. The number of carbonyl (C=O) groups is 1. The lowest BCUT2D eigenvalue weighted by Crippen LogP contribution is -2.45. The Morgan fingerprint density at radius 1 is 1.15 bits per heavy atom. The fourth-order valence-electron chi connectivity index (χ4n) is 4.14. The third-order valence-electron chi connectivity index (χ3n) is 5.72. The van der Waals surface area contributed by atoms with E-state index in [0.29, 0.717) is 31.1 Å². The van der Waals surface area contributed by atoms with Crippen LogP contribution in [-0.2, 0) is 11.2 Å². The van der Waals surface area contributed by atoms with Gasteiger partial charge in [0.15, 0.2) is 0 Å². The van der Waals surface area contributed by atoms with E-state index in [2.05, 4.69) is 0 Å². The molecule has 27 heavy (non-hydrogen) atoms. The number of carbonyl (C=O) groups excluding carboxylic acids is 1. The monoisotopic (exact) mass is 385 g/mol. The van der Waals surface area contributed by atoms with Gasteiger partial charge in [-0.25, -0.2) is 0 Å². The Morgan fingerprint density at radius 2 is 1.89 bits per heavy atom. The van der Waals surface area contributed by atoms with Crippen LogP contribution in [-0.4, -0.2) is 35.6 Å². The normalized spacial score (nSPS) is 21.3. The van der Waals surface area contributed by atoms with Crippen LogP contribution >= 0.6 is 11.6 Å². The fourth-order valence-corrected chi connectivity index (χ4v) is 4.33. The van der Waals surface area contributed by atoms with Crippen LogP contribution in [0.2, 0.25) is 5.02 Å². The lowest BCUT2D eigenvalue weighted by molar-refractivity contribution is -0.139. The SMILES string of the molecule is O=C(C1COc2ccc(Cl)cc2C1)N1CCC(C(O)c2ccccc2)CC1. The number of aliphatic hydroxyl groups is 1. The molecule has 1 fully saturated rings. The van der Waals surface area contributed by atoms with Gasteiger partial charge in [-0.2, -0.15) is 0 Å². The highest BCUT2D eigenvalue weighted by atomic mass is 35.5. The third kappa shape index (κ3) is 3.97. The second-order valence-electron chi connectivity index (χ2n) is 7.48. The minimum atomic E-state index is -0.463.